The minimum Gasteiger partial charge on any atom is -0.367 e. The fourth-order valence-corrected chi connectivity index (χ4v) is 4.12. The number of halogens is 1. The van der Waals surface area contributed by atoms with Gasteiger partial charge >= 0.3 is 0 Å². The van der Waals surface area contributed by atoms with E-state index in [4.69, 9.17) is 11.6 Å². The Labute approximate surface area is 194 Å². The first-order valence-corrected chi connectivity index (χ1v) is 11.2. The van der Waals surface area contributed by atoms with E-state index in [1.165, 1.54) is 11.5 Å². The standard InChI is InChI=1S/C24H21ClN4O2S/c25-18-12-10-17(11-13-18)23(30)28-21(16-6-2-1-3-7-16)24(31)27-15-14-26-22-19-8-4-5-9-20(19)32-29-22/h1-13,21H,14-15H2,(H,26,29)(H,27,31)(H,28,30). The Morgan fingerprint density at radius 3 is 2.41 bits per heavy atom. The lowest BCUT2D eigenvalue weighted by Crippen LogP contribution is -2.41. The number of amides is 2. The van der Waals surface area contributed by atoms with Crippen LogP contribution in [0.3, 0.4) is 0 Å². The van der Waals surface area contributed by atoms with Crippen LogP contribution in [0, 0.1) is 0 Å². The van der Waals surface area contributed by atoms with Gasteiger partial charge in [-0.2, -0.15) is 4.37 Å². The normalized spacial score (nSPS) is 11.7. The van der Waals surface area contributed by atoms with Crippen molar-refractivity contribution in [3.8, 4) is 0 Å². The maximum atomic E-state index is 13.0. The topological polar surface area (TPSA) is 83.1 Å². The second kappa shape index (κ2) is 10.3. The zero-order chi connectivity index (χ0) is 22.3. The highest BCUT2D eigenvalue weighted by molar-refractivity contribution is 7.13. The summed E-state index contributed by atoms with van der Waals surface area (Å²) in [4.78, 5) is 25.7. The number of anilines is 1. The summed E-state index contributed by atoms with van der Waals surface area (Å²) in [5.74, 6) is 0.164. The van der Waals surface area contributed by atoms with Crippen molar-refractivity contribution in [2.75, 3.05) is 18.4 Å². The van der Waals surface area contributed by atoms with E-state index >= 15 is 0 Å². The summed E-state index contributed by atoms with van der Waals surface area (Å²) in [6, 6.07) is 22.8. The molecule has 0 radical (unpaired) electrons. The molecule has 1 unspecified atom stereocenters. The molecule has 0 aliphatic carbocycles. The lowest BCUT2D eigenvalue weighted by molar-refractivity contribution is -0.123. The van der Waals surface area contributed by atoms with E-state index in [0.717, 1.165) is 15.9 Å². The summed E-state index contributed by atoms with van der Waals surface area (Å²) in [6.07, 6.45) is 0. The first-order chi connectivity index (χ1) is 15.6. The molecule has 0 bridgehead atoms. The second-order valence-electron chi connectivity index (χ2n) is 7.07. The Balaban J connectivity index is 1.39. The highest BCUT2D eigenvalue weighted by Gasteiger charge is 2.23. The zero-order valence-corrected chi connectivity index (χ0v) is 18.6. The van der Waals surface area contributed by atoms with Crippen LogP contribution < -0.4 is 16.0 Å². The highest BCUT2D eigenvalue weighted by Crippen LogP contribution is 2.25. The van der Waals surface area contributed by atoms with Crippen LogP contribution in [-0.2, 0) is 4.79 Å². The van der Waals surface area contributed by atoms with Crippen LogP contribution in [0.2, 0.25) is 5.02 Å². The molecule has 2 amide bonds. The Morgan fingerprint density at radius 2 is 1.62 bits per heavy atom. The predicted molar refractivity (Wildman–Crippen MR) is 129 cm³/mol. The molecular weight excluding hydrogens is 444 g/mol. The number of nitrogens with one attached hydrogen (secondary N) is 3. The number of hydrogen-bond donors (Lipinski definition) is 3. The van der Waals surface area contributed by atoms with Crippen LogP contribution in [0.15, 0.2) is 78.9 Å². The van der Waals surface area contributed by atoms with Gasteiger partial charge in [-0.3, -0.25) is 9.59 Å². The van der Waals surface area contributed by atoms with E-state index in [1.54, 1.807) is 24.3 Å². The molecule has 4 rings (SSSR count). The number of aromatic nitrogens is 1. The predicted octanol–water partition coefficient (Wildman–Crippen LogP) is 4.65. The van der Waals surface area contributed by atoms with Crippen molar-refractivity contribution in [1.29, 1.82) is 0 Å². The third-order valence-electron chi connectivity index (χ3n) is 4.87. The Hall–Kier alpha value is -3.42. The molecule has 8 heteroatoms. The number of rotatable bonds is 8. The largest absolute Gasteiger partial charge is 0.367 e. The van der Waals surface area contributed by atoms with Crippen molar-refractivity contribution >= 4 is 50.9 Å². The molecule has 3 aromatic carbocycles. The number of benzene rings is 3. The molecule has 3 N–H and O–H groups in total. The SMILES string of the molecule is O=C(NC(C(=O)NCCNc1nsc2ccccc12)c1ccccc1)c1ccc(Cl)cc1. The summed E-state index contributed by atoms with van der Waals surface area (Å²) in [7, 11) is 0. The minimum atomic E-state index is -0.820. The molecule has 6 nitrogen and oxygen atoms in total. The van der Waals surface area contributed by atoms with E-state index < -0.39 is 6.04 Å². The molecule has 0 aliphatic rings. The van der Waals surface area contributed by atoms with Gasteiger partial charge in [0.25, 0.3) is 5.91 Å². The van der Waals surface area contributed by atoms with Crippen LogP contribution in [0.1, 0.15) is 22.0 Å². The smallest absolute Gasteiger partial charge is 0.252 e. The van der Waals surface area contributed by atoms with Crippen molar-refractivity contribution < 1.29 is 9.59 Å². The van der Waals surface area contributed by atoms with Gasteiger partial charge in [-0.25, -0.2) is 0 Å². The fourth-order valence-electron chi connectivity index (χ4n) is 3.24. The van der Waals surface area contributed by atoms with Gasteiger partial charge in [0, 0.05) is 29.1 Å². The van der Waals surface area contributed by atoms with Gasteiger partial charge in [-0.05, 0) is 53.5 Å². The number of carbonyl (C=O) groups excluding carboxylic acids is 2. The van der Waals surface area contributed by atoms with Crippen LogP contribution >= 0.6 is 23.1 Å². The van der Waals surface area contributed by atoms with Gasteiger partial charge in [0.05, 0.1) is 4.70 Å². The zero-order valence-electron chi connectivity index (χ0n) is 17.0. The lowest BCUT2D eigenvalue weighted by Gasteiger charge is -2.19. The van der Waals surface area contributed by atoms with E-state index in [-0.39, 0.29) is 11.8 Å². The van der Waals surface area contributed by atoms with Crippen molar-refractivity contribution in [2.24, 2.45) is 0 Å². The number of hydrogen-bond acceptors (Lipinski definition) is 5. The summed E-state index contributed by atoms with van der Waals surface area (Å²) >= 11 is 7.33. The molecule has 4 aromatic rings. The van der Waals surface area contributed by atoms with Gasteiger partial charge in [0.1, 0.15) is 11.9 Å². The third kappa shape index (κ3) is 5.25. The molecule has 0 fully saturated rings. The van der Waals surface area contributed by atoms with Crippen LogP contribution in [0.25, 0.3) is 10.1 Å². The monoisotopic (exact) mass is 464 g/mol. The van der Waals surface area contributed by atoms with Crippen LogP contribution in [-0.4, -0.2) is 29.3 Å². The molecule has 0 spiro atoms. The quantitative estimate of drug-likeness (QED) is 0.331. The van der Waals surface area contributed by atoms with Gasteiger partial charge in [0.2, 0.25) is 5.91 Å². The molecule has 0 saturated carbocycles. The summed E-state index contributed by atoms with van der Waals surface area (Å²) < 4.78 is 5.53. The average Bonchev–Trinajstić information content (AvgIpc) is 3.24. The number of carbonyl (C=O) groups is 2. The summed E-state index contributed by atoms with van der Waals surface area (Å²) in [5.41, 5.74) is 1.13. The first kappa shape index (κ1) is 21.8. The van der Waals surface area contributed by atoms with E-state index in [0.29, 0.717) is 29.2 Å². The molecule has 32 heavy (non-hydrogen) atoms. The summed E-state index contributed by atoms with van der Waals surface area (Å²) in [6.45, 7) is 0.886. The molecule has 0 saturated heterocycles. The molecule has 1 heterocycles. The van der Waals surface area contributed by atoms with Crippen LogP contribution in [0.5, 0.6) is 0 Å². The highest BCUT2D eigenvalue weighted by atomic mass is 35.5. The van der Waals surface area contributed by atoms with Gasteiger partial charge in [-0.15, -0.1) is 0 Å². The number of fused-ring (bicyclic) bond motifs is 1. The Bertz CT molecular complexity index is 1210. The van der Waals surface area contributed by atoms with E-state index in [9.17, 15) is 9.59 Å². The molecule has 1 aromatic heterocycles. The van der Waals surface area contributed by atoms with E-state index in [2.05, 4.69) is 20.3 Å². The minimum absolute atomic E-state index is 0.288. The lowest BCUT2D eigenvalue weighted by atomic mass is 10.1. The van der Waals surface area contributed by atoms with Gasteiger partial charge in [0.15, 0.2) is 0 Å². The average molecular weight is 465 g/mol. The summed E-state index contributed by atoms with van der Waals surface area (Å²) in [5, 5.41) is 10.6. The third-order valence-corrected chi connectivity index (χ3v) is 5.95. The fraction of sp³-hybridized carbons (Fsp3) is 0.125. The molecule has 0 aliphatic heterocycles. The van der Waals surface area contributed by atoms with Crippen molar-refractivity contribution in [1.82, 2.24) is 15.0 Å². The van der Waals surface area contributed by atoms with Crippen molar-refractivity contribution in [2.45, 2.75) is 6.04 Å². The van der Waals surface area contributed by atoms with Gasteiger partial charge < -0.3 is 16.0 Å². The van der Waals surface area contributed by atoms with E-state index in [1.807, 2.05) is 54.6 Å². The number of nitrogens with zero attached hydrogens (tertiary/aromatic N) is 1. The maximum absolute atomic E-state index is 13.0. The first-order valence-electron chi connectivity index (χ1n) is 10.1. The molecule has 162 valence electrons. The molecule has 1 atom stereocenters. The Kier molecular flexibility index (Phi) is 6.99. The van der Waals surface area contributed by atoms with Crippen LogP contribution in [0.4, 0.5) is 5.82 Å². The Morgan fingerprint density at radius 1 is 0.906 bits per heavy atom. The van der Waals surface area contributed by atoms with Crippen molar-refractivity contribution in [3.63, 3.8) is 0 Å². The maximum Gasteiger partial charge on any atom is 0.252 e. The van der Waals surface area contributed by atoms with Crippen molar-refractivity contribution in [3.05, 3.63) is 95.0 Å². The molecular formula is C24H21ClN4O2S. The van der Waals surface area contributed by atoms with Gasteiger partial charge in [-0.1, -0.05) is 54.1 Å². The second-order valence-corrected chi connectivity index (χ2v) is 8.31.